The Kier molecular flexibility index (Phi) is 5.41. The largest absolute Gasteiger partial charge is 0.482 e. The van der Waals surface area contributed by atoms with Gasteiger partial charge in [0.2, 0.25) is 0 Å². The first-order valence-corrected chi connectivity index (χ1v) is 7.86. The number of hydrogen-bond donors (Lipinski definition) is 0. The molecule has 6 heteroatoms. The number of nitro benzene ring substituents is 1. The summed E-state index contributed by atoms with van der Waals surface area (Å²) in [5.41, 5.74) is 1.73. The first kappa shape index (κ1) is 18.4. The van der Waals surface area contributed by atoms with Crippen LogP contribution in [0.5, 0.6) is 11.5 Å². The predicted octanol–water partition coefficient (Wildman–Crippen LogP) is 4.19. The molecule has 2 aromatic carbocycles. The number of non-ortho nitro benzene ring substituents is 1. The van der Waals surface area contributed by atoms with Crippen LogP contribution in [-0.4, -0.2) is 17.5 Å². The fraction of sp³-hybridized carbons (Fsp3) is 0.316. The molecule has 0 N–H and O–H groups in total. The molecular weight excluding hydrogens is 322 g/mol. The van der Waals surface area contributed by atoms with E-state index in [0.29, 0.717) is 17.1 Å². The average molecular weight is 343 g/mol. The van der Waals surface area contributed by atoms with Crippen molar-refractivity contribution in [1.29, 1.82) is 0 Å². The van der Waals surface area contributed by atoms with Crippen LogP contribution in [-0.2, 0) is 10.2 Å². The number of hydrogen-bond acceptors (Lipinski definition) is 5. The van der Waals surface area contributed by atoms with Gasteiger partial charge in [0.05, 0.1) is 4.92 Å². The molecule has 2 rings (SSSR count). The Hall–Kier alpha value is -2.89. The second kappa shape index (κ2) is 7.34. The number of carbonyl (C=O) groups excluding carboxylic acids is 1. The molecule has 0 amide bonds. The van der Waals surface area contributed by atoms with E-state index in [4.69, 9.17) is 9.47 Å². The maximum absolute atomic E-state index is 11.9. The molecule has 2 aromatic rings. The van der Waals surface area contributed by atoms with E-state index in [-0.39, 0.29) is 17.7 Å². The fourth-order valence-electron chi connectivity index (χ4n) is 2.23. The molecule has 25 heavy (non-hydrogen) atoms. The van der Waals surface area contributed by atoms with E-state index in [1.54, 1.807) is 19.1 Å². The molecule has 0 unspecified atom stereocenters. The summed E-state index contributed by atoms with van der Waals surface area (Å²) in [7, 11) is 0. The SMILES string of the molecule is Cc1cc([N+](=O)[O-])ccc1OCC(=O)Oc1ccc(C(C)(C)C)cc1. The van der Waals surface area contributed by atoms with E-state index in [1.807, 2.05) is 12.1 Å². The third-order valence-corrected chi connectivity index (χ3v) is 3.67. The summed E-state index contributed by atoms with van der Waals surface area (Å²) < 4.78 is 10.6. The minimum Gasteiger partial charge on any atom is -0.482 e. The van der Waals surface area contributed by atoms with Crippen LogP contribution in [0.15, 0.2) is 42.5 Å². The lowest BCUT2D eigenvalue weighted by molar-refractivity contribution is -0.384. The summed E-state index contributed by atoms with van der Waals surface area (Å²) in [6, 6.07) is 11.5. The molecule has 0 heterocycles. The molecule has 6 nitrogen and oxygen atoms in total. The number of nitrogens with zero attached hydrogens (tertiary/aromatic N) is 1. The highest BCUT2D eigenvalue weighted by Crippen LogP contribution is 2.25. The van der Waals surface area contributed by atoms with Gasteiger partial charge in [-0.05, 0) is 41.7 Å². The highest BCUT2D eigenvalue weighted by molar-refractivity contribution is 5.74. The first-order chi connectivity index (χ1) is 11.7. The summed E-state index contributed by atoms with van der Waals surface area (Å²) in [6.45, 7) is 7.72. The van der Waals surface area contributed by atoms with Crippen molar-refractivity contribution >= 4 is 11.7 Å². The third kappa shape index (κ3) is 5.04. The number of carbonyl (C=O) groups is 1. The van der Waals surface area contributed by atoms with Gasteiger partial charge in [-0.2, -0.15) is 0 Å². The number of esters is 1. The Bertz CT molecular complexity index is 775. The Morgan fingerprint density at radius 2 is 1.76 bits per heavy atom. The molecule has 0 spiro atoms. The summed E-state index contributed by atoms with van der Waals surface area (Å²) in [5, 5.41) is 10.7. The molecule has 0 fully saturated rings. The van der Waals surface area contributed by atoms with Crippen LogP contribution < -0.4 is 9.47 Å². The number of aryl methyl sites for hydroxylation is 1. The second-order valence-electron chi connectivity index (χ2n) is 6.74. The predicted molar refractivity (Wildman–Crippen MR) is 94.1 cm³/mol. The zero-order chi connectivity index (χ0) is 18.6. The standard InChI is InChI=1S/C19H21NO5/c1-13-11-15(20(22)23)7-10-17(13)24-12-18(21)25-16-8-5-14(6-9-16)19(2,3)4/h5-11H,12H2,1-4H3. The Balaban J connectivity index is 1.94. The van der Waals surface area contributed by atoms with Gasteiger partial charge in [0.25, 0.3) is 5.69 Å². The van der Waals surface area contributed by atoms with Gasteiger partial charge in [-0.3, -0.25) is 10.1 Å². The van der Waals surface area contributed by atoms with Crippen molar-refractivity contribution in [1.82, 2.24) is 0 Å². The van der Waals surface area contributed by atoms with Gasteiger partial charge >= 0.3 is 5.97 Å². The van der Waals surface area contributed by atoms with Crippen molar-refractivity contribution in [2.24, 2.45) is 0 Å². The molecule has 0 aliphatic rings. The van der Waals surface area contributed by atoms with Crippen molar-refractivity contribution in [3.05, 3.63) is 63.7 Å². The van der Waals surface area contributed by atoms with Gasteiger partial charge < -0.3 is 9.47 Å². The second-order valence-corrected chi connectivity index (χ2v) is 6.74. The van der Waals surface area contributed by atoms with E-state index in [0.717, 1.165) is 5.56 Å². The first-order valence-electron chi connectivity index (χ1n) is 7.86. The molecule has 0 saturated carbocycles. The monoisotopic (exact) mass is 343 g/mol. The highest BCUT2D eigenvalue weighted by atomic mass is 16.6. The number of nitro groups is 1. The summed E-state index contributed by atoms with van der Waals surface area (Å²) in [4.78, 5) is 22.1. The minimum atomic E-state index is -0.540. The van der Waals surface area contributed by atoms with Gasteiger partial charge in [-0.15, -0.1) is 0 Å². The van der Waals surface area contributed by atoms with Crippen LogP contribution in [0.2, 0.25) is 0 Å². The summed E-state index contributed by atoms with van der Waals surface area (Å²) >= 11 is 0. The smallest absolute Gasteiger partial charge is 0.349 e. The van der Waals surface area contributed by atoms with Crippen molar-refractivity contribution in [3.63, 3.8) is 0 Å². The van der Waals surface area contributed by atoms with Gasteiger partial charge in [-0.1, -0.05) is 32.9 Å². The van der Waals surface area contributed by atoms with E-state index >= 15 is 0 Å². The van der Waals surface area contributed by atoms with Crippen LogP contribution in [0.3, 0.4) is 0 Å². The lowest BCUT2D eigenvalue weighted by Crippen LogP contribution is -2.18. The molecule has 0 aromatic heterocycles. The van der Waals surface area contributed by atoms with E-state index in [9.17, 15) is 14.9 Å². The van der Waals surface area contributed by atoms with E-state index in [2.05, 4.69) is 20.8 Å². The molecule has 132 valence electrons. The van der Waals surface area contributed by atoms with Crippen LogP contribution in [0.25, 0.3) is 0 Å². The maximum atomic E-state index is 11.9. The number of benzene rings is 2. The number of rotatable bonds is 5. The van der Waals surface area contributed by atoms with Crippen molar-refractivity contribution in [2.45, 2.75) is 33.1 Å². The van der Waals surface area contributed by atoms with Crippen LogP contribution in [0, 0.1) is 17.0 Å². The Morgan fingerprint density at radius 1 is 1.12 bits per heavy atom. The van der Waals surface area contributed by atoms with Crippen molar-refractivity contribution in [3.8, 4) is 11.5 Å². The van der Waals surface area contributed by atoms with Gasteiger partial charge in [0.1, 0.15) is 11.5 Å². The third-order valence-electron chi connectivity index (χ3n) is 3.67. The van der Waals surface area contributed by atoms with Crippen LogP contribution >= 0.6 is 0 Å². The van der Waals surface area contributed by atoms with Crippen LogP contribution in [0.4, 0.5) is 5.69 Å². The zero-order valence-electron chi connectivity index (χ0n) is 14.7. The lowest BCUT2D eigenvalue weighted by Gasteiger charge is -2.19. The molecule has 0 radical (unpaired) electrons. The molecule has 0 bridgehead atoms. The average Bonchev–Trinajstić information content (AvgIpc) is 2.53. The molecular formula is C19H21NO5. The van der Waals surface area contributed by atoms with E-state index < -0.39 is 10.9 Å². The maximum Gasteiger partial charge on any atom is 0.349 e. The van der Waals surface area contributed by atoms with Gasteiger partial charge in [-0.25, -0.2) is 4.79 Å². The Labute approximate surface area is 146 Å². The summed E-state index contributed by atoms with van der Waals surface area (Å²) in [5.74, 6) is 0.314. The summed E-state index contributed by atoms with van der Waals surface area (Å²) in [6.07, 6.45) is 0. The molecule has 0 saturated heterocycles. The highest BCUT2D eigenvalue weighted by Gasteiger charge is 2.14. The number of ether oxygens (including phenoxy) is 2. The van der Waals surface area contributed by atoms with Gasteiger partial charge in [0, 0.05) is 12.1 Å². The molecule has 0 atom stereocenters. The van der Waals surface area contributed by atoms with Crippen molar-refractivity contribution < 1.29 is 19.2 Å². The molecule has 0 aliphatic carbocycles. The Morgan fingerprint density at radius 3 is 2.28 bits per heavy atom. The lowest BCUT2D eigenvalue weighted by atomic mass is 9.87. The van der Waals surface area contributed by atoms with Crippen LogP contribution in [0.1, 0.15) is 31.9 Å². The molecule has 0 aliphatic heterocycles. The minimum absolute atomic E-state index is 0.0219. The fourth-order valence-corrected chi connectivity index (χ4v) is 2.23. The van der Waals surface area contributed by atoms with Gasteiger partial charge in [0.15, 0.2) is 6.61 Å². The normalized spacial score (nSPS) is 11.0. The quantitative estimate of drug-likeness (QED) is 0.352. The van der Waals surface area contributed by atoms with E-state index in [1.165, 1.54) is 18.2 Å². The topological polar surface area (TPSA) is 78.7 Å². The zero-order valence-corrected chi connectivity index (χ0v) is 14.7. The van der Waals surface area contributed by atoms with Crippen molar-refractivity contribution in [2.75, 3.05) is 6.61 Å².